The topological polar surface area (TPSA) is 34.1 Å². The predicted molar refractivity (Wildman–Crippen MR) is 168 cm³/mol. The van der Waals surface area contributed by atoms with Crippen LogP contribution in [0, 0.1) is 0 Å². The summed E-state index contributed by atoms with van der Waals surface area (Å²) in [5, 5.41) is 0.646. The van der Waals surface area contributed by atoms with Gasteiger partial charge in [-0.1, -0.05) is 130 Å². The summed E-state index contributed by atoms with van der Waals surface area (Å²) >= 11 is 37.0. The number of sulfone groups is 1. The maximum Gasteiger partial charge on any atom is 0.171 e. The van der Waals surface area contributed by atoms with Crippen molar-refractivity contribution in [1.29, 1.82) is 0 Å². The molecular formula is C30H20Cl6O2S. The highest BCUT2D eigenvalue weighted by Gasteiger charge is 2.33. The van der Waals surface area contributed by atoms with Gasteiger partial charge in [-0.2, -0.15) is 0 Å². The van der Waals surface area contributed by atoms with E-state index in [2.05, 4.69) is 0 Å². The van der Waals surface area contributed by atoms with E-state index in [0.29, 0.717) is 52.4 Å². The molecule has 4 aromatic carbocycles. The molecule has 4 rings (SSSR count). The Labute approximate surface area is 258 Å². The maximum atomic E-state index is 14.4. The first-order chi connectivity index (χ1) is 18.5. The Bertz CT molecular complexity index is 1510. The van der Waals surface area contributed by atoms with Crippen molar-refractivity contribution in [2.24, 2.45) is 0 Å². The Kier molecular flexibility index (Phi) is 10.1. The van der Waals surface area contributed by atoms with E-state index < -0.39 is 20.3 Å². The molecule has 2 nitrogen and oxygen atoms in total. The summed E-state index contributed by atoms with van der Waals surface area (Å²) in [6, 6.07) is 23.4. The smallest absolute Gasteiger partial charge is 0.171 e. The van der Waals surface area contributed by atoms with E-state index in [1.807, 2.05) is 0 Å². The number of hydrogen-bond acceptors (Lipinski definition) is 2. The van der Waals surface area contributed by atoms with Gasteiger partial charge in [-0.25, -0.2) is 8.42 Å². The van der Waals surface area contributed by atoms with Crippen LogP contribution in [0.5, 0.6) is 0 Å². The van der Waals surface area contributed by atoms with Crippen LogP contribution in [0.25, 0.3) is 12.2 Å². The first kappa shape index (κ1) is 30.0. The molecule has 0 aliphatic rings. The van der Waals surface area contributed by atoms with E-state index in [1.54, 1.807) is 109 Å². The van der Waals surface area contributed by atoms with Gasteiger partial charge >= 0.3 is 0 Å². The summed E-state index contributed by atoms with van der Waals surface area (Å²) < 4.78 is 28.9. The highest BCUT2D eigenvalue weighted by molar-refractivity contribution is 7.92. The Balaban J connectivity index is 1.85. The molecule has 4 aromatic rings. The van der Waals surface area contributed by atoms with Crippen molar-refractivity contribution in [1.82, 2.24) is 0 Å². The molecule has 0 heterocycles. The minimum absolute atomic E-state index is 0.400. The molecule has 0 fully saturated rings. The lowest BCUT2D eigenvalue weighted by atomic mass is 10.1. The molecule has 0 spiro atoms. The van der Waals surface area contributed by atoms with E-state index in [9.17, 15) is 8.42 Å². The van der Waals surface area contributed by atoms with Gasteiger partial charge in [0, 0.05) is 30.1 Å². The minimum Gasteiger partial charge on any atom is -0.227 e. The van der Waals surface area contributed by atoms with E-state index >= 15 is 0 Å². The molecule has 0 saturated heterocycles. The number of hydrogen-bond donors (Lipinski definition) is 0. The van der Waals surface area contributed by atoms with Crippen LogP contribution in [-0.4, -0.2) is 8.42 Å². The summed E-state index contributed by atoms with van der Waals surface area (Å²) in [7, 11) is -3.98. The van der Waals surface area contributed by atoms with Crippen molar-refractivity contribution >= 4 is 91.6 Å². The SMILES string of the molecule is O=S(=O)(C(C=Cc1ccc(Cl)cc1Cl)c1ccc(Cl)cc1)C(C=Cc1ccc(Cl)cc1Cl)c1ccc(Cl)cc1. The van der Waals surface area contributed by atoms with Crippen LogP contribution in [0.4, 0.5) is 0 Å². The standard InChI is InChI=1S/C30H20Cl6O2S/c31-23-9-3-21(4-10-23)29(15-7-19-1-13-25(33)17-27(19)35)39(37,38)30(22-5-11-24(32)12-6-22)16-8-20-2-14-26(34)18-28(20)36/h1-18,29-30H. The zero-order valence-corrected chi connectivity index (χ0v) is 25.4. The number of benzene rings is 4. The molecule has 2 unspecified atom stereocenters. The summed E-state index contributed by atoms with van der Waals surface area (Å²) in [6.07, 6.45) is 6.57. The van der Waals surface area contributed by atoms with Crippen molar-refractivity contribution in [2.75, 3.05) is 0 Å². The molecule has 9 heteroatoms. The molecule has 0 radical (unpaired) electrons. The molecule has 0 aliphatic carbocycles. The molecule has 0 bridgehead atoms. The maximum absolute atomic E-state index is 14.4. The normalized spacial score (nSPS) is 13.7. The fourth-order valence-electron chi connectivity index (χ4n) is 3.94. The summed E-state index contributed by atoms with van der Waals surface area (Å²) in [6.45, 7) is 0. The molecule has 0 aliphatic heterocycles. The molecule has 0 amide bonds. The van der Waals surface area contributed by atoms with Crippen molar-refractivity contribution < 1.29 is 8.42 Å². The molecule has 200 valence electrons. The number of halogens is 6. The zero-order valence-electron chi connectivity index (χ0n) is 20.0. The van der Waals surface area contributed by atoms with Crippen LogP contribution >= 0.6 is 69.6 Å². The van der Waals surface area contributed by atoms with Crippen molar-refractivity contribution in [3.05, 3.63) is 149 Å². The quantitative estimate of drug-likeness (QED) is 0.189. The van der Waals surface area contributed by atoms with Crippen LogP contribution in [0.2, 0.25) is 30.1 Å². The van der Waals surface area contributed by atoms with Crippen LogP contribution in [0.1, 0.15) is 32.8 Å². The zero-order chi connectivity index (χ0) is 28.2. The van der Waals surface area contributed by atoms with Crippen LogP contribution in [0.15, 0.2) is 97.1 Å². The van der Waals surface area contributed by atoms with Crippen LogP contribution < -0.4 is 0 Å². The molecular weight excluding hydrogens is 637 g/mol. The Morgan fingerprint density at radius 3 is 1.15 bits per heavy atom. The Morgan fingerprint density at radius 1 is 0.487 bits per heavy atom. The fraction of sp³-hybridized carbons (Fsp3) is 0.0667. The van der Waals surface area contributed by atoms with Gasteiger partial charge in [0.05, 0.1) is 0 Å². The van der Waals surface area contributed by atoms with Gasteiger partial charge in [0.2, 0.25) is 0 Å². The third-order valence-corrected chi connectivity index (χ3v) is 9.83. The fourth-order valence-corrected chi connectivity index (χ4v) is 7.12. The van der Waals surface area contributed by atoms with Gasteiger partial charge in [0.1, 0.15) is 10.5 Å². The number of rotatable bonds is 8. The van der Waals surface area contributed by atoms with Gasteiger partial charge in [-0.3, -0.25) is 0 Å². The average Bonchev–Trinajstić information content (AvgIpc) is 2.88. The second kappa shape index (κ2) is 13.1. The second-order valence-electron chi connectivity index (χ2n) is 8.58. The van der Waals surface area contributed by atoms with Gasteiger partial charge < -0.3 is 0 Å². The lowest BCUT2D eigenvalue weighted by molar-refractivity contribution is 0.584. The largest absolute Gasteiger partial charge is 0.227 e. The van der Waals surface area contributed by atoms with Gasteiger partial charge in [-0.15, -0.1) is 0 Å². The summed E-state index contributed by atoms with van der Waals surface area (Å²) in [5.41, 5.74) is 2.33. The molecule has 39 heavy (non-hydrogen) atoms. The molecule has 2 atom stereocenters. The van der Waals surface area contributed by atoms with Crippen LogP contribution in [-0.2, 0) is 9.84 Å². The van der Waals surface area contributed by atoms with E-state index in [1.165, 1.54) is 0 Å². The first-order valence-electron chi connectivity index (χ1n) is 11.5. The highest BCUT2D eigenvalue weighted by atomic mass is 35.5. The van der Waals surface area contributed by atoms with Crippen molar-refractivity contribution in [2.45, 2.75) is 10.5 Å². The summed E-state index contributed by atoms with van der Waals surface area (Å²) in [4.78, 5) is 0. The highest BCUT2D eigenvalue weighted by Crippen LogP contribution is 2.38. The average molecular weight is 657 g/mol. The third-order valence-electron chi connectivity index (χ3n) is 5.93. The van der Waals surface area contributed by atoms with Crippen molar-refractivity contribution in [3.63, 3.8) is 0 Å². The van der Waals surface area contributed by atoms with Crippen LogP contribution in [0.3, 0.4) is 0 Å². The Hall–Kier alpha value is -1.95. The minimum atomic E-state index is -3.98. The monoisotopic (exact) mass is 654 g/mol. The van der Waals surface area contributed by atoms with E-state index in [-0.39, 0.29) is 0 Å². The summed E-state index contributed by atoms with van der Waals surface area (Å²) in [5.74, 6) is 0. The predicted octanol–water partition coefficient (Wildman–Crippen LogP) is 11.2. The molecule has 0 aromatic heterocycles. The first-order valence-corrected chi connectivity index (χ1v) is 15.4. The second-order valence-corrected chi connectivity index (χ2v) is 13.3. The van der Waals surface area contributed by atoms with E-state index in [0.717, 1.165) is 0 Å². The third kappa shape index (κ3) is 7.62. The lowest BCUT2D eigenvalue weighted by Gasteiger charge is -2.22. The molecule has 0 saturated carbocycles. The van der Waals surface area contributed by atoms with Gasteiger partial charge in [-0.05, 0) is 70.8 Å². The van der Waals surface area contributed by atoms with E-state index in [4.69, 9.17) is 69.6 Å². The van der Waals surface area contributed by atoms with Gasteiger partial charge in [0.25, 0.3) is 0 Å². The lowest BCUT2D eigenvalue weighted by Crippen LogP contribution is -2.19. The Morgan fingerprint density at radius 2 is 0.821 bits per heavy atom. The molecule has 0 N–H and O–H groups in total. The van der Waals surface area contributed by atoms with Gasteiger partial charge in [0.15, 0.2) is 9.84 Å². The van der Waals surface area contributed by atoms with Crippen molar-refractivity contribution in [3.8, 4) is 0 Å².